The van der Waals surface area contributed by atoms with E-state index in [0.29, 0.717) is 5.92 Å². The highest BCUT2D eigenvalue weighted by atomic mass is 16.5. The van der Waals surface area contributed by atoms with Crippen LogP contribution in [-0.4, -0.2) is 37.1 Å². The van der Waals surface area contributed by atoms with Crippen molar-refractivity contribution in [3.05, 3.63) is 0 Å². The topological polar surface area (TPSA) is 67.4 Å². The van der Waals surface area contributed by atoms with Gasteiger partial charge >= 0.3 is 0 Å². The molecule has 5 heteroatoms. The Bertz CT molecular complexity index is 280. The van der Waals surface area contributed by atoms with E-state index in [1.54, 1.807) is 0 Å². The summed E-state index contributed by atoms with van der Waals surface area (Å²) >= 11 is 0. The monoisotopic (exact) mass is 212 g/mol. The van der Waals surface area contributed by atoms with Gasteiger partial charge in [0.1, 0.15) is 0 Å². The molecule has 0 spiro atoms. The van der Waals surface area contributed by atoms with Crippen molar-refractivity contribution in [2.24, 2.45) is 5.92 Å². The quantitative estimate of drug-likeness (QED) is 0.614. The first-order chi connectivity index (χ1) is 7.16. The summed E-state index contributed by atoms with van der Waals surface area (Å²) in [5, 5.41) is 5.40. The lowest BCUT2D eigenvalue weighted by Crippen LogP contribution is -2.40. The summed E-state index contributed by atoms with van der Waals surface area (Å²) in [6, 6.07) is -0.342. The van der Waals surface area contributed by atoms with E-state index >= 15 is 0 Å². The molecule has 0 aliphatic carbocycles. The Morgan fingerprint density at radius 3 is 2.87 bits per heavy atom. The van der Waals surface area contributed by atoms with Gasteiger partial charge in [-0.25, -0.2) is 0 Å². The van der Waals surface area contributed by atoms with Crippen LogP contribution in [-0.2, 0) is 14.3 Å². The minimum absolute atomic E-state index is 0.187. The van der Waals surface area contributed by atoms with Crippen LogP contribution in [0.3, 0.4) is 0 Å². The van der Waals surface area contributed by atoms with Gasteiger partial charge < -0.3 is 10.1 Å². The summed E-state index contributed by atoms with van der Waals surface area (Å²) in [6.45, 7) is 3.58. The van der Waals surface area contributed by atoms with E-state index < -0.39 is 0 Å². The zero-order valence-corrected chi connectivity index (χ0v) is 8.79. The Labute approximate surface area is 88.5 Å². The molecule has 0 aromatic carbocycles. The van der Waals surface area contributed by atoms with Crippen molar-refractivity contribution in [1.82, 2.24) is 10.6 Å². The Morgan fingerprint density at radius 2 is 2.33 bits per heavy atom. The van der Waals surface area contributed by atoms with Crippen LogP contribution in [0.1, 0.15) is 19.8 Å². The Kier molecular flexibility index (Phi) is 3.02. The number of hydrogen-bond acceptors (Lipinski definition) is 4. The average Bonchev–Trinajstić information content (AvgIpc) is 2.70. The van der Waals surface area contributed by atoms with Gasteiger partial charge in [-0.1, -0.05) is 0 Å². The fourth-order valence-corrected chi connectivity index (χ4v) is 2.06. The fourth-order valence-electron chi connectivity index (χ4n) is 2.06. The van der Waals surface area contributed by atoms with E-state index in [1.165, 1.54) is 0 Å². The van der Waals surface area contributed by atoms with Gasteiger partial charge in [-0.05, 0) is 19.3 Å². The minimum Gasteiger partial charge on any atom is -0.378 e. The largest absolute Gasteiger partial charge is 0.378 e. The molecule has 5 nitrogen and oxygen atoms in total. The van der Waals surface area contributed by atoms with Crippen LogP contribution < -0.4 is 10.6 Å². The molecule has 0 aromatic heterocycles. The van der Waals surface area contributed by atoms with E-state index in [-0.39, 0.29) is 30.4 Å². The number of hydrogen-bond donors (Lipinski definition) is 2. The third kappa shape index (κ3) is 2.35. The van der Waals surface area contributed by atoms with E-state index in [4.69, 9.17) is 4.74 Å². The van der Waals surface area contributed by atoms with Crippen LogP contribution >= 0.6 is 0 Å². The van der Waals surface area contributed by atoms with Crippen molar-refractivity contribution in [2.75, 3.05) is 13.2 Å². The van der Waals surface area contributed by atoms with Crippen molar-refractivity contribution in [1.29, 1.82) is 0 Å². The molecule has 0 bridgehead atoms. The first-order valence-corrected chi connectivity index (χ1v) is 5.35. The second-order valence-corrected chi connectivity index (χ2v) is 4.20. The van der Waals surface area contributed by atoms with Gasteiger partial charge in [0.2, 0.25) is 11.8 Å². The molecule has 0 radical (unpaired) electrons. The lowest BCUT2D eigenvalue weighted by Gasteiger charge is -2.16. The zero-order chi connectivity index (χ0) is 10.8. The lowest BCUT2D eigenvalue weighted by molar-refractivity contribution is -0.125. The summed E-state index contributed by atoms with van der Waals surface area (Å²) in [5.74, 6) is 0.0632. The van der Waals surface area contributed by atoms with Crippen molar-refractivity contribution >= 4 is 11.8 Å². The predicted octanol–water partition coefficient (Wildman–Crippen LogP) is -0.584. The van der Waals surface area contributed by atoms with Crippen molar-refractivity contribution in [3.8, 4) is 0 Å². The molecule has 3 atom stereocenters. The maximum absolute atomic E-state index is 11.2. The van der Waals surface area contributed by atoms with E-state index in [0.717, 1.165) is 19.6 Å². The summed E-state index contributed by atoms with van der Waals surface area (Å²) in [7, 11) is 0. The summed E-state index contributed by atoms with van der Waals surface area (Å²) in [5.41, 5.74) is 0. The molecule has 2 heterocycles. The molecule has 2 N–H and O–H groups in total. The number of imide groups is 1. The molecule has 3 unspecified atom stereocenters. The molecule has 15 heavy (non-hydrogen) atoms. The third-order valence-corrected chi connectivity index (χ3v) is 3.13. The predicted molar refractivity (Wildman–Crippen MR) is 53.1 cm³/mol. The number of carbonyl (C=O) groups is 2. The van der Waals surface area contributed by atoms with Crippen molar-refractivity contribution < 1.29 is 14.3 Å². The number of nitrogens with one attached hydrogen (secondary N) is 2. The van der Waals surface area contributed by atoms with Crippen LogP contribution in [0, 0.1) is 5.92 Å². The van der Waals surface area contributed by atoms with Crippen molar-refractivity contribution in [2.45, 2.75) is 31.9 Å². The minimum atomic E-state index is -0.342. The average molecular weight is 212 g/mol. The highest BCUT2D eigenvalue weighted by Gasteiger charge is 2.32. The maximum atomic E-state index is 11.2. The standard InChI is InChI=1S/C10H16N2O3/c1-6-7(2-3-15-6)5-11-8-4-9(13)12-10(8)14/h6-8,11H,2-5H2,1H3,(H,12,13,14). The van der Waals surface area contributed by atoms with Crippen LogP contribution in [0.2, 0.25) is 0 Å². The molecule has 2 amide bonds. The first-order valence-electron chi connectivity index (χ1n) is 5.35. The maximum Gasteiger partial charge on any atom is 0.244 e. The van der Waals surface area contributed by atoms with E-state index in [2.05, 4.69) is 10.6 Å². The van der Waals surface area contributed by atoms with Gasteiger partial charge in [0.15, 0.2) is 0 Å². The van der Waals surface area contributed by atoms with Crippen LogP contribution in [0.4, 0.5) is 0 Å². The second-order valence-electron chi connectivity index (χ2n) is 4.20. The van der Waals surface area contributed by atoms with E-state index in [9.17, 15) is 9.59 Å². The second kappa shape index (κ2) is 4.28. The SMILES string of the molecule is CC1OCCC1CNC1CC(=O)NC1=O. The van der Waals surface area contributed by atoms with Gasteiger partial charge in [0.25, 0.3) is 0 Å². The number of rotatable bonds is 3. The van der Waals surface area contributed by atoms with E-state index in [1.807, 2.05) is 6.92 Å². The Balaban J connectivity index is 1.78. The lowest BCUT2D eigenvalue weighted by atomic mass is 10.0. The molecule has 2 aliphatic heterocycles. The summed E-state index contributed by atoms with van der Waals surface area (Å²) in [6.07, 6.45) is 1.54. The molecular weight excluding hydrogens is 196 g/mol. The van der Waals surface area contributed by atoms with Crippen LogP contribution in [0.15, 0.2) is 0 Å². The number of ether oxygens (including phenoxy) is 1. The highest BCUT2D eigenvalue weighted by Crippen LogP contribution is 2.19. The number of carbonyl (C=O) groups excluding carboxylic acids is 2. The summed E-state index contributed by atoms with van der Waals surface area (Å²) < 4.78 is 5.42. The number of amides is 2. The third-order valence-electron chi connectivity index (χ3n) is 3.13. The smallest absolute Gasteiger partial charge is 0.244 e. The zero-order valence-electron chi connectivity index (χ0n) is 8.79. The van der Waals surface area contributed by atoms with Crippen molar-refractivity contribution in [3.63, 3.8) is 0 Å². The fraction of sp³-hybridized carbons (Fsp3) is 0.800. The Hall–Kier alpha value is -0.940. The molecule has 84 valence electrons. The van der Waals surface area contributed by atoms with Gasteiger partial charge in [0, 0.05) is 13.2 Å². The normalized spacial score (nSPS) is 35.9. The molecule has 2 saturated heterocycles. The Morgan fingerprint density at radius 1 is 1.53 bits per heavy atom. The van der Waals surface area contributed by atoms with Crippen LogP contribution in [0.5, 0.6) is 0 Å². The van der Waals surface area contributed by atoms with Gasteiger partial charge in [-0.2, -0.15) is 0 Å². The molecular formula is C10H16N2O3. The highest BCUT2D eigenvalue weighted by molar-refractivity contribution is 6.05. The molecule has 2 aliphatic rings. The van der Waals surface area contributed by atoms with Gasteiger partial charge in [0.05, 0.1) is 18.6 Å². The molecule has 2 rings (SSSR count). The molecule has 0 aromatic rings. The van der Waals surface area contributed by atoms with Gasteiger partial charge in [-0.3, -0.25) is 14.9 Å². The molecule has 2 fully saturated rings. The first kappa shape index (κ1) is 10.6. The summed E-state index contributed by atoms with van der Waals surface area (Å²) in [4.78, 5) is 22.2. The van der Waals surface area contributed by atoms with Gasteiger partial charge in [-0.15, -0.1) is 0 Å². The molecule has 0 saturated carbocycles. The van der Waals surface area contributed by atoms with Crippen LogP contribution in [0.25, 0.3) is 0 Å².